The van der Waals surface area contributed by atoms with Crippen molar-refractivity contribution in [2.24, 2.45) is 0 Å². The third-order valence-corrected chi connectivity index (χ3v) is 6.44. The van der Waals surface area contributed by atoms with Crippen LogP contribution in [0, 0.1) is 13.8 Å². The van der Waals surface area contributed by atoms with Crippen LogP contribution in [-0.4, -0.2) is 46.7 Å². The molecule has 8 heteroatoms. The molecule has 1 aromatic heterocycles. The fourth-order valence-electron chi connectivity index (χ4n) is 3.79. The molecule has 0 atom stereocenters. The molecule has 2 aromatic carbocycles. The normalized spacial score (nSPS) is 13.8. The summed E-state index contributed by atoms with van der Waals surface area (Å²) >= 11 is 17.8. The van der Waals surface area contributed by atoms with Crippen LogP contribution >= 0.6 is 35.4 Å². The molecule has 1 fully saturated rings. The van der Waals surface area contributed by atoms with E-state index < -0.39 is 5.97 Å². The molecule has 0 N–H and O–H groups in total. The molecule has 0 unspecified atom stereocenters. The lowest BCUT2D eigenvalue weighted by atomic mass is 10.2. The first-order chi connectivity index (χ1) is 15.3. The van der Waals surface area contributed by atoms with Crippen LogP contribution in [0.4, 0.5) is 0 Å². The van der Waals surface area contributed by atoms with Crippen molar-refractivity contribution < 1.29 is 14.3 Å². The van der Waals surface area contributed by atoms with Gasteiger partial charge in [0.1, 0.15) is 10.7 Å². The number of carbonyl (C=O) groups is 1. The highest BCUT2D eigenvalue weighted by Crippen LogP contribution is 2.26. The zero-order valence-corrected chi connectivity index (χ0v) is 20.1. The van der Waals surface area contributed by atoms with Gasteiger partial charge in [-0.15, -0.1) is 0 Å². The Morgan fingerprint density at radius 2 is 1.69 bits per heavy atom. The number of halogens is 2. The van der Waals surface area contributed by atoms with Gasteiger partial charge >= 0.3 is 5.97 Å². The fraction of sp³-hybridized carbons (Fsp3) is 0.250. The Labute approximate surface area is 202 Å². The minimum absolute atomic E-state index is 0.251. The summed E-state index contributed by atoms with van der Waals surface area (Å²) in [7, 11) is 0. The van der Waals surface area contributed by atoms with Gasteiger partial charge in [0.2, 0.25) is 0 Å². The van der Waals surface area contributed by atoms with Gasteiger partial charge in [-0.3, -0.25) is 0 Å². The zero-order chi connectivity index (χ0) is 22.8. The summed E-state index contributed by atoms with van der Waals surface area (Å²) in [5.41, 5.74) is 4.41. The molecule has 1 saturated heterocycles. The molecule has 5 nitrogen and oxygen atoms in total. The number of esters is 1. The van der Waals surface area contributed by atoms with E-state index in [1.165, 1.54) is 6.07 Å². The number of ether oxygens (including phenoxy) is 2. The van der Waals surface area contributed by atoms with Crippen molar-refractivity contribution in [3.05, 3.63) is 81.1 Å². The van der Waals surface area contributed by atoms with Gasteiger partial charge in [-0.25, -0.2) is 4.79 Å². The number of carbonyl (C=O) groups excluding carboxylic acids is 1. The summed E-state index contributed by atoms with van der Waals surface area (Å²) in [4.78, 5) is 15.5. The van der Waals surface area contributed by atoms with Gasteiger partial charge in [0.25, 0.3) is 0 Å². The molecule has 166 valence electrons. The minimum Gasteiger partial charge on any atom is -0.423 e. The molecule has 0 bridgehead atoms. The number of nitrogens with zero attached hydrogens (tertiary/aromatic N) is 2. The van der Waals surface area contributed by atoms with Gasteiger partial charge in [0, 0.05) is 40.8 Å². The van der Waals surface area contributed by atoms with E-state index >= 15 is 0 Å². The maximum atomic E-state index is 12.5. The van der Waals surface area contributed by atoms with Crippen molar-refractivity contribution >= 4 is 46.4 Å². The van der Waals surface area contributed by atoms with E-state index in [0.717, 1.165) is 40.7 Å². The largest absolute Gasteiger partial charge is 0.423 e. The molecule has 0 saturated carbocycles. The van der Waals surface area contributed by atoms with Gasteiger partial charge in [0.15, 0.2) is 0 Å². The molecule has 0 amide bonds. The van der Waals surface area contributed by atoms with E-state index in [4.69, 9.17) is 44.9 Å². The smallest absolute Gasteiger partial charge is 0.345 e. The third kappa shape index (κ3) is 4.69. The SMILES string of the molecule is Cc1cc(C(=S)N2CCOCC2)c(C)n1-c1ccc(OC(=O)c2ccc(Cl)cc2Cl)cc1. The Kier molecular flexibility index (Phi) is 6.86. The van der Waals surface area contributed by atoms with E-state index in [9.17, 15) is 4.79 Å². The number of aryl methyl sites for hydroxylation is 1. The van der Waals surface area contributed by atoms with Crippen LogP contribution < -0.4 is 4.74 Å². The lowest BCUT2D eigenvalue weighted by Crippen LogP contribution is -2.40. The second-order valence-electron chi connectivity index (χ2n) is 7.53. The Bertz CT molecular complexity index is 1170. The van der Waals surface area contributed by atoms with Crippen LogP contribution in [0.2, 0.25) is 10.0 Å². The molecular weight excluding hydrogens is 467 g/mol. The second kappa shape index (κ2) is 9.63. The van der Waals surface area contributed by atoms with E-state index in [1.54, 1.807) is 24.3 Å². The number of thiocarbonyl (C=S) groups is 1. The number of benzene rings is 2. The molecule has 0 spiro atoms. The number of rotatable bonds is 4. The third-order valence-electron chi connectivity index (χ3n) is 5.42. The molecule has 4 rings (SSSR count). The topological polar surface area (TPSA) is 43.7 Å². The zero-order valence-electron chi connectivity index (χ0n) is 17.7. The first kappa shape index (κ1) is 22.8. The first-order valence-corrected chi connectivity index (χ1v) is 11.3. The summed E-state index contributed by atoms with van der Waals surface area (Å²) in [6, 6.07) is 14.1. The lowest BCUT2D eigenvalue weighted by Gasteiger charge is -2.29. The van der Waals surface area contributed by atoms with Gasteiger partial charge in [-0.2, -0.15) is 0 Å². The molecular formula is C24H22Cl2N2O3S. The Morgan fingerprint density at radius 1 is 1.00 bits per heavy atom. The van der Waals surface area contributed by atoms with Crippen LogP contribution in [0.25, 0.3) is 5.69 Å². The van der Waals surface area contributed by atoms with Gasteiger partial charge in [0.05, 0.1) is 23.8 Å². The maximum Gasteiger partial charge on any atom is 0.345 e. The summed E-state index contributed by atoms with van der Waals surface area (Å²) < 4.78 is 13.1. The van der Waals surface area contributed by atoms with Crippen molar-refractivity contribution in [1.82, 2.24) is 9.47 Å². The van der Waals surface area contributed by atoms with Gasteiger partial charge in [-0.05, 0) is 62.4 Å². The quantitative estimate of drug-likeness (QED) is 0.270. The van der Waals surface area contributed by atoms with Crippen molar-refractivity contribution in [3.8, 4) is 11.4 Å². The molecule has 0 aliphatic carbocycles. The van der Waals surface area contributed by atoms with Crippen LogP contribution in [0.5, 0.6) is 5.75 Å². The second-order valence-corrected chi connectivity index (χ2v) is 8.76. The number of hydrogen-bond donors (Lipinski definition) is 0. The van der Waals surface area contributed by atoms with E-state index in [-0.39, 0.29) is 10.6 Å². The molecule has 32 heavy (non-hydrogen) atoms. The average Bonchev–Trinajstić information content (AvgIpc) is 3.08. The number of hydrogen-bond acceptors (Lipinski definition) is 4. The van der Waals surface area contributed by atoms with Crippen LogP contribution in [0.1, 0.15) is 27.3 Å². The number of aromatic nitrogens is 1. The average molecular weight is 489 g/mol. The monoisotopic (exact) mass is 488 g/mol. The van der Waals surface area contributed by atoms with E-state index in [2.05, 4.69) is 29.4 Å². The fourth-order valence-corrected chi connectivity index (χ4v) is 4.67. The summed E-state index contributed by atoms with van der Waals surface area (Å²) in [6.45, 7) is 7.11. The summed E-state index contributed by atoms with van der Waals surface area (Å²) in [5.74, 6) is -0.109. The maximum absolute atomic E-state index is 12.5. The summed E-state index contributed by atoms with van der Waals surface area (Å²) in [6.07, 6.45) is 0. The number of morpholine rings is 1. The molecule has 2 heterocycles. The predicted molar refractivity (Wildman–Crippen MR) is 131 cm³/mol. The van der Waals surface area contributed by atoms with Crippen LogP contribution in [-0.2, 0) is 4.74 Å². The van der Waals surface area contributed by atoms with Crippen LogP contribution in [0.3, 0.4) is 0 Å². The van der Waals surface area contributed by atoms with E-state index in [0.29, 0.717) is 24.0 Å². The highest BCUT2D eigenvalue weighted by molar-refractivity contribution is 7.80. The lowest BCUT2D eigenvalue weighted by molar-refractivity contribution is 0.0692. The predicted octanol–water partition coefficient (Wildman–Crippen LogP) is 5.63. The molecule has 3 aromatic rings. The van der Waals surface area contributed by atoms with Crippen molar-refractivity contribution in [1.29, 1.82) is 0 Å². The van der Waals surface area contributed by atoms with Gasteiger partial charge in [-0.1, -0.05) is 35.4 Å². The molecule has 1 aliphatic rings. The van der Waals surface area contributed by atoms with Gasteiger partial charge < -0.3 is 18.9 Å². The standard InChI is InChI=1S/C24H22Cl2N2O3S/c1-15-13-21(23(32)27-9-11-30-12-10-27)16(2)28(15)18-4-6-19(7-5-18)31-24(29)20-8-3-17(25)14-22(20)26/h3-8,13-14H,9-12H2,1-2H3. The summed E-state index contributed by atoms with van der Waals surface area (Å²) in [5, 5.41) is 0.710. The Hall–Kier alpha value is -2.38. The van der Waals surface area contributed by atoms with E-state index in [1.807, 2.05) is 12.1 Å². The highest BCUT2D eigenvalue weighted by Gasteiger charge is 2.20. The van der Waals surface area contributed by atoms with Crippen molar-refractivity contribution in [2.45, 2.75) is 13.8 Å². The Balaban J connectivity index is 1.53. The van der Waals surface area contributed by atoms with Crippen LogP contribution in [0.15, 0.2) is 48.5 Å². The molecule has 1 aliphatic heterocycles. The Morgan fingerprint density at radius 3 is 2.34 bits per heavy atom. The van der Waals surface area contributed by atoms with Crippen molar-refractivity contribution in [2.75, 3.05) is 26.3 Å². The minimum atomic E-state index is -0.536. The molecule has 0 radical (unpaired) electrons. The highest BCUT2D eigenvalue weighted by atomic mass is 35.5. The van der Waals surface area contributed by atoms with Crippen molar-refractivity contribution in [3.63, 3.8) is 0 Å². The first-order valence-electron chi connectivity index (χ1n) is 10.2.